The molecule has 0 aromatic heterocycles. The number of rotatable bonds is 9. The molecule has 0 bridgehead atoms. The third-order valence-electron chi connectivity index (χ3n) is 6.14. The minimum Gasteiger partial charge on any atom is -0.489 e. The summed E-state index contributed by atoms with van der Waals surface area (Å²) < 4.78 is 44.2. The Hall–Kier alpha value is -2.90. The molecule has 1 heterocycles. The number of anilines is 1. The number of ether oxygens (including phenoxy) is 1. The van der Waals surface area contributed by atoms with Crippen LogP contribution in [0.1, 0.15) is 24.5 Å². The van der Waals surface area contributed by atoms with Gasteiger partial charge in [0.05, 0.1) is 17.1 Å². The normalized spacial score (nSPS) is 16.2. The number of halogens is 1. The summed E-state index contributed by atoms with van der Waals surface area (Å²) in [6.07, 6.45) is 1.79. The number of benzene rings is 3. The molecule has 0 amide bonds. The van der Waals surface area contributed by atoms with Gasteiger partial charge in [-0.3, -0.25) is 4.90 Å². The zero-order valence-corrected chi connectivity index (χ0v) is 20.5. The SMILES string of the molecule is CCN(Cc1ccccc1)Cc1cccc(O[C@H]2CCN(c3ccc(S(C)(=O)=O)cc3F)C2)c1. The Morgan fingerprint density at radius 2 is 1.74 bits per heavy atom. The minimum absolute atomic E-state index is 0.00838. The van der Waals surface area contributed by atoms with Crippen molar-refractivity contribution in [3.05, 3.63) is 89.7 Å². The van der Waals surface area contributed by atoms with Crippen LogP contribution in [0.2, 0.25) is 0 Å². The van der Waals surface area contributed by atoms with Crippen molar-refractivity contribution in [2.45, 2.75) is 37.4 Å². The van der Waals surface area contributed by atoms with E-state index in [2.05, 4.69) is 48.2 Å². The fraction of sp³-hybridized carbons (Fsp3) is 0.333. The van der Waals surface area contributed by atoms with Crippen LogP contribution in [0, 0.1) is 5.82 Å². The van der Waals surface area contributed by atoms with Gasteiger partial charge in [0.2, 0.25) is 0 Å². The third-order valence-corrected chi connectivity index (χ3v) is 7.25. The maximum Gasteiger partial charge on any atom is 0.175 e. The molecular formula is C27H31FN2O3S. The van der Waals surface area contributed by atoms with E-state index in [1.165, 1.54) is 17.2 Å². The molecule has 7 heteroatoms. The predicted molar refractivity (Wildman–Crippen MR) is 133 cm³/mol. The molecule has 34 heavy (non-hydrogen) atoms. The fourth-order valence-corrected chi connectivity index (χ4v) is 4.94. The second-order valence-electron chi connectivity index (χ2n) is 8.80. The molecule has 1 saturated heterocycles. The molecule has 1 aliphatic rings. The third kappa shape index (κ3) is 6.15. The van der Waals surface area contributed by atoms with Gasteiger partial charge >= 0.3 is 0 Å². The summed E-state index contributed by atoms with van der Waals surface area (Å²) in [5, 5.41) is 0. The van der Waals surface area contributed by atoms with E-state index in [0.717, 1.165) is 44.1 Å². The first-order chi connectivity index (χ1) is 16.3. The Bertz CT molecular complexity index is 1220. The zero-order valence-electron chi connectivity index (χ0n) is 19.7. The molecule has 1 aliphatic heterocycles. The lowest BCUT2D eigenvalue weighted by Gasteiger charge is -2.22. The second-order valence-corrected chi connectivity index (χ2v) is 10.8. The van der Waals surface area contributed by atoms with Crippen LogP contribution in [0.3, 0.4) is 0 Å². The molecule has 3 aromatic rings. The van der Waals surface area contributed by atoms with Crippen LogP contribution >= 0.6 is 0 Å². The number of hydrogen-bond acceptors (Lipinski definition) is 5. The molecule has 3 aromatic carbocycles. The number of sulfone groups is 1. The van der Waals surface area contributed by atoms with Crippen molar-refractivity contribution in [1.82, 2.24) is 4.90 Å². The van der Waals surface area contributed by atoms with Crippen molar-refractivity contribution >= 4 is 15.5 Å². The summed E-state index contributed by atoms with van der Waals surface area (Å²) in [6, 6.07) is 22.7. The van der Waals surface area contributed by atoms with Crippen LogP contribution in [0.4, 0.5) is 10.1 Å². The van der Waals surface area contributed by atoms with Crippen molar-refractivity contribution in [2.75, 3.05) is 30.8 Å². The molecule has 0 radical (unpaired) electrons. The van der Waals surface area contributed by atoms with Gasteiger partial charge in [-0.1, -0.05) is 49.4 Å². The molecule has 0 aliphatic carbocycles. The van der Waals surface area contributed by atoms with Crippen molar-refractivity contribution in [1.29, 1.82) is 0 Å². The molecule has 1 fully saturated rings. The number of hydrogen-bond donors (Lipinski definition) is 0. The van der Waals surface area contributed by atoms with E-state index in [1.54, 1.807) is 6.07 Å². The van der Waals surface area contributed by atoms with E-state index in [0.29, 0.717) is 18.8 Å². The average Bonchev–Trinajstić information content (AvgIpc) is 3.27. The Balaban J connectivity index is 1.37. The van der Waals surface area contributed by atoms with Crippen LogP contribution in [0.15, 0.2) is 77.7 Å². The van der Waals surface area contributed by atoms with Gasteiger partial charge in [-0.2, -0.15) is 0 Å². The molecule has 0 spiro atoms. The Morgan fingerprint density at radius 1 is 1.00 bits per heavy atom. The van der Waals surface area contributed by atoms with Gasteiger partial charge in [0.25, 0.3) is 0 Å². The molecule has 0 saturated carbocycles. The summed E-state index contributed by atoms with van der Waals surface area (Å²) in [6.45, 7) is 6.04. The lowest BCUT2D eigenvalue weighted by molar-refractivity contribution is 0.223. The van der Waals surface area contributed by atoms with Crippen LogP contribution in [0.5, 0.6) is 5.75 Å². The molecule has 4 rings (SSSR count). The summed E-state index contributed by atoms with van der Waals surface area (Å²) in [5.74, 6) is 0.289. The Morgan fingerprint density at radius 3 is 2.44 bits per heavy atom. The first kappa shape index (κ1) is 24.2. The highest BCUT2D eigenvalue weighted by Gasteiger charge is 2.26. The minimum atomic E-state index is -3.44. The molecule has 1 atom stereocenters. The predicted octanol–water partition coefficient (Wildman–Crippen LogP) is 4.91. The van der Waals surface area contributed by atoms with E-state index >= 15 is 0 Å². The molecule has 5 nitrogen and oxygen atoms in total. The molecule has 180 valence electrons. The highest BCUT2D eigenvalue weighted by atomic mass is 32.2. The van der Waals surface area contributed by atoms with Crippen LogP contribution in [0.25, 0.3) is 0 Å². The van der Waals surface area contributed by atoms with Crippen LogP contribution in [-0.2, 0) is 22.9 Å². The molecule has 0 N–H and O–H groups in total. The standard InChI is InChI=1S/C27H31FN2O3S/c1-3-29(18-21-8-5-4-6-9-21)19-22-10-7-11-23(16-22)33-24-14-15-30(20-24)27-13-12-25(17-26(27)28)34(2,31)32/h4-13,16-17,24H,3,14-15,18-20H2,1-2H3/t24-/m0/s1. The first-order valence-electron chi connectivity index (χ1n) is 11.6. The van der Waals surface area contributed by atoms with Gasteiger partial charge in [0.1, 0.15) is 17.7 Å². The van der Waals surface area contributed by atoms with Crippen molar-refractivity contribution in [3.8, 4) is 5.75 Å². The van der Waals surface area contributed by atoms with Gasteiger partial charge in [-0.15, -0.1) is 0 Å². The van der Waals surface area contributed by atoms with Gasteiger partial charge in [0, 0.05) is 32.3 Å². The van der Waals surface area contributed by atoms with E-state index in [-0.39, 0.29) is 11.0 Å². The van der Waals surface area contributed by atoms with Gasteiger partial charge < -0.3 is 9.64 Å². The average molecular weight is 483 g/mol. The molecular weight excluding hydrogens is 451 g/mol. The summed E-state index contributed by atoms with van der Waals surface area (Å²) in [5.41, 5.74) is 2.89. The van der Waals surface area contributed by atoms with Crippen LogP contribution < -0.4 is 9.64 Å². The Kier molecular flexibility index (Phi) is 7.54. The van der Waals surface area contributed by atoms with Gasteiger partial charge in [-0.25, -0.2) is 12.8 Å². The number of nitrogens with zero attached hydrogens (tertiary/aromatic N) is 2. The summed E-state index contributed by atoms with van der Waals surface area (Å²) >= 11 is 0. The highest BCUT2D eigenvalue weighted by molar-refractivity contribution is 7.90. The first-order valence-corrected chi connectivity index (χ1v) is 13.5. The van der Waals surface area contributed by atoms with Crippen molar-refractivity contribution in [2.24, 2.45) is 0 Å². The second kappa shape index (κ2) is 10.6. The van der Waals surface area contributed by atoms with E-state index < -0.39 is 15.7 Å². The topological polar surface area (TPSA) is 49.9 Å². The lowest BCUT2D eigenvalue weighted by atomic mass is 10.1. The smallest absolute Gasteiger partial charge is 0.175 e. The van der Waals surface area contributed by atoms with Gasteiger partial charge in [0.15, 0.2) is 9.84 Å². The summed E-state index contributed by atoms with van der Waals surface area (Å²) in [4.78, 5) is 4.29. The Labute approximate surface area is 201 Å². The van der Waals surface area contributed by atoms with Crippen molar-refractivity contribution in [3.63, 3.8) is 0 Å². The quantitative estimate of drug-likeness (QED) is 0.434. The lowest BCUT2D eigenvalue weighted by Crippen LogP contribution is -2.25. The molecule has 0 unspecified atom stereocenters. The van der Waals surface area contributed by atoms with Crippen molar-refractivity contribution < 1.29 is 17.5 Å². The van der Waals surface area contributed by atoms with E-state index in [1.807, 2.05) is 23.1 Å². The van der Waals surface area contributed by atoms with E-state index in [4.69, 9.17) is 4.74 Å². The highest BCUT2D eigenvalue weighted by Crippen LogP contribution is 2.28. The largest absolute Gasteiger partial charge is 0.489 e. The van der Waals surface area contributed by atoms with Crippen LogP contribution in [-0.4, -0.2) is 45.3 Å². The fourth-order valence-electron chi connectivity index (χ4n) is 4.31. The monoisotopic (exact) mass is 482 g/mol. The van der Waals surface area contributed by atoms with Gasteiger partial charge in [-0.05, 0) is 48.0 Å². The van der Waals surface area contributed by atoms with E-state index in [9.17, 15) is 12.8 Å². The maximum absolute atomic E-state index is 14.6. The zero-order chi connectivity index (χ0) is 24.1. The summed E-state index contributed by atoms with van der Waals surface area (Å²) in [7, 11) is -3.44. The maximum atomic E-state index is 14.6.